The minimum atomic E-state index is 0.805. The minimum absolute atomic E-state index is 0.805. The Morgan fingerprint density at radius 1 is 1.04 bits per heavy atom. The van der Waals surface area contributed by atoms with Gasteiger partial charge in [-0.05, 0) is 55.4 Å². The SMILES string of the molecule is COc1cccc(N2CCN(C(=S)Nc3cc(C)ccc3C)CC2)c1. The highest BCUT2D eigenvalue weighted by Crippen LogP contribution is 2.23. The molecule has 0 atom stereocenters. The predicted octanol–water partition coefficient (Wildman–Crippen LogP) is 3.83. The van der Waals surface area contributed by atoms with E-state index in [0.717, 1.165) is 42.7 Å². The van der Waals surface area contributed by atoms with E-state index in [-0.39, 0.29) is 0 Å². The Morgan fingerprint density at radius 2 is 1.80 bits per heavy atom. The van der Waals surface area contributed by atoms with Crippen LogP contribution >= 0.6 is 12.2 Å². The molecule has 4 nitrogen and oxygen atoms in total. The highest BCUT2D eigenvalue weighted by Gasteiger charge is 2.19. The third-order valence-electron chi connectivity index (χ3n) is 4.62. The number of methoxy groups -OCH3 is 1. The van der Waals surface area contributed by atoms with Crippen LogP contribution in [0.4, 0.5) is 11.4 Å². The van der Waals surface area contributed by atoms with E-state index in [1.54, 1.807) is 7.11 Å². The molecule has 1 aliphatic heterocycles. The summed E-state index contributed by atoms with van der Waals surface area (Å²) >= 11 is 5.63. The lowest BCUT2D eigenvalue weighted by molar-refractivity contribution is 0.389. The Morgan fingerprint density at radius 3 is 2.52 bits per heavy atom. The lowest BCUT2D eigenvalue weighted by Gasteiger charge is -2.37. The number of nitrogens with one attached hydrogen (secondary N) is 1. The first-order valence-electron chi connectivity index (χ1n) is 8.59. The van der Waals surface area contributed by atoms with Crippen LogP contribution < -0.4 is 15.0 Å². The smallest absolute Gasteiger partial charge is 0.173 e. The summed E-state index contributed by atoms with van der Waals surface area (Å²) < 4.78 is 5.32. The van der Waals surface area contributed by atoms with Gasteiger partial charge in [-0.3, -0.25) is 0 Å². The normalized spacial score (nSPS) is 14.4. The van der Waals surface area contributed by atoms with Crippen LogP contribution in [0, 0.1) is 13.8 Å². The molecule has 5 heteroatoms. The first-order chi connectivity index (χ1) is 12.1. The molecule has 2 aromatic rings. The van der Waals surface area contributed by atoms with Gasteiger partial charge in [0, 0.05) is 43.6 Å². The van der Waals surface area contributed by atoms with Crippen molar-refractivity contribution in [1.82, 2.24) is 4.90 Å². The third kappa shape index (κ3) is 4.23. The van der Waals surface area contributed by atoms with E-state index in [1.165, 1.54) is 16.8 Å². The molecule has 1 N–H and O–H groups in total. The number of aryl methyl sites for hydroxylation is 2. The standard InChI is InChI=1S/C20H25N3OS/c1-15-7-8-16(2)19(13-15)21-20(25)23-11-9-22(10-12-23)17-5-4-6-18(14-17)24-3/h4-8,13-14H,9-12H2,1-3H3,(H,21,25). The van der Waals surface area contributed by atoms with E-state index in [0.29, 0.717) is 0 Å². The van der Waals surface area contributed by atoms with Gasteiger partial charge in [-0.1, -0.05) is 18.2 Å². The molecule has 0 unspecified atom stereocenters. The average molecular weight is 356 g/mol. The maximum atomic E-state index is 5.63. The number of benzene rings is 2. The van der Waals surface area contributed by atoms with Crippen molar-refractivity contribution in [1.29, 1.82) is 0 Å². The molecular weight excluding hydrogens is 330 g/mol. The van der Waals surface area contributed by atoms with E-state index < -0.39 is 0 Å². The summed E-state index contributed by atoms with van der Waals surface area (Å²) in [5.74, 6) is 0.895. The highest BCUT2D eigenvalue weighted by molar-refractivity contribution is 7.80. The summed E-state index contributed by atoms with van der Waals surface area (Å²) in [7, 11) is 1.70. The molecule has 0 saturated carbocycles. The molecule has 1 fully saturated rings. The van der Waals surface area contributed by atoms with E-state index in [4.69, 9.17) is 17.0 Å². The van der Waals surface area contributed by atoms with Gasteiger partial charge < -0.3 is 19.9 Å². The zero-order chi connectivity index (χ0) is 17.8. The largest absolute Gasteiger partial charge is 0.497 e. The first kappa shape index (κ1) is 17.5. The van der Waals surface area contributed by atoms with Crippen LogP contribution in [0.3, 0.4) is 0 Å². The summed E-state index contributed by atoms with van der Waals surface area (Å²) in [6.45, 7) is 7.91. The lowest BCUT2D eigenvalue weighted by Crippen LogP contribution is -2.50. The molecule has 1 aliphatic rings. The summed E-state index contributed by atoms with van der Waals surface area (Å²) in [5, 5.41) is 4.22. The second kappa shape index (κ2) is 7.74. The van der Waals surface area contributed by atoms with Gasteiger partial charge in [-0.25, -0.2) is 0 Å². The molecule has 0 bridgehead atoms. The van der Waals surface area contributed by atoms with E-state index in [2.05, 4.69) is 59.3 Å². The monoisotopic (exact) mass is 355 g/mol. The van der Waals surface area contributed by atoms with Gasteiger partial charge in [0.05, 0.1) is 7.11 Å². The fraction of sp³-hybridized carbons (Fsp3) is 0.350. The number of nitrogens with zero attached hydrogens (tertiary/aromatic N) is 2. The fourth-order valence-corrected chi connectivity index (χ4v) is 3.33. The van der Waals surface area contributed by atoms with Crippen LogP contribution in [0.2, 0.25) is 0 Å². The summed E-state index contributed by atoms with van der Waals surface area (Å²) in [4.78, 5) is 4.62. The maximum absolute atomic E-state index is 5.63. The summed E-state index contributed by atoms with van der Waals surface area (Å²) in [6, 6.07) is 14.6. The maximum Gasteiger partial charge on any atom is 0.173 e. The van der Waals surface area contributed by atoms with Gasteiger partial charge in [0.1, 0.15) is 5.75 Å². The van der Waals surface area contributed by atoms with Crippen molar-refractivity contribution in [2.24, 2.45) is 0 Å². The van der Waals surface area contributed by atoms with Crippen LogP contribution in [0.1, 0.15) is 11.1 Å². The Hall–Kier alpha value is -2.27. The average Bonchev–Trinajstić information content (AvgIpc) is 2.65. The van der Waals surface area contributed by atoms with Gasteiger partial charge in [-0.15, -0.1) is 0 Å². The summed E-state index contributed by atoms with van der Waals surface area (Å²) in [6.07, 6.45) is 0. The zero-order valence-electron chi connectivity index (χ0n) is 15.1. The number of rotatable bonds is 3. The molecule has 25 heavy (non-hydrogen) atoms. The Balaban J connectivity index is 1.60. The lowest BCUT2D eigenvalue weighted by atomic mass is 10.1. The molecule has 1 saturated heterocycles. The van der Waals surface area contributed by atoms with E-state index in [9.17, 15) is 0 Å². The highest BCUT2D eigenvalue weighted by atomic mass is 32.1. The predicted molar refractivity (Wildman–Crippen MR) is 109 cm³/mol. The van der Waals surface area contributed by atoms with Crippen molar-refractivity contribution in [2.45, 2.75) is 13.8 Å². The molecule has 0 amide bonds. The van der Waals surface area contributed by atoms with Crippen LogP contribution in [0.25, 0.3) is 0 Å². The topological polar surface area (TPSA) is 27.7 Å². The van der Waals surface area contributed by atoms with Crippen molar-refractivity contribution >= 4 is 28.7 Å². The van der Waals surface area contributed by atoms with Crippen molar-refractivity contribution < 1.29 is 4.74 Å². The molecule has 3 rings (SSSR count). The molecule has 0 aromatic heterocycles. The van der Waals surface area contributed by atoms with Crippen molar-refractivity contribution in [2.75, 3.05) is 43.5 Å². The van der Waals surface area contributed by atoms with Crippen LogP contribution in [0.15, 0.2) is 42.5 Å². The number of hydrogen-bond acceptors (Lipinski definition) is 3. The van der Waals surface area contributed by atoms with Gasteiger partial charge in [-0.2, -0.15) is 0 Å². The zero-order valence-corrected chi connectivity index (χ0v) is 15.9. The molecular formula is C20H25N3OS. The quantitative estimate of drug-likeness (QED) is 0.845. The Bertz CT molecular complexity index is 754. The number of thiocarbonyl (C=S) groups is 1. The van der Waals surface area contributed by atoms with Crippen LogP contribution in [0.5, 0.6) is 5.75 Å². The Kier molecular flexibility index (Phi) is 5.43. The molecule has 2 aromatic carbocycles. The molecule has 1 heterocycles. The molecule has 0 aliphatic carbocycles. The van der Waals surface area contributed by atoms with Gasteiger partial charge in [0.2, 0.25) is 0 Å². The fourth-order valence-electron chi connectivity index (χ4n) is 3.04. The van der Waals surface area contributed by atoms with Crippen molar-refractivity contribution in [3.8, 4) is 5.75 Å². The van der Waals surface area contributed by atoms with Gasteiger partial charge >= 0.3 is 0 Å². The van der Waals surface area contributed by atoms with Crippen LogP contribution in [-0.2, 0) is 0 Å². The second-order valence-electron chi connectivity index (χ2n) is 6.42. The van der Waals surface area contributed by atoms with Crippen molar-refractivity contribution in [3.05, 3.63) is 53.6 Å². The number of ether oxygens (including phenoxy) is 1. The number of piperazine rings is 1. The van der Waals surface area contributed by atoms with Gasteiger partial charge in [0.15, 0.2) is 5.11 Å². The number of anilines is 2. The molecule has 132 valence electrons. The first-order valence-corrected chi connectivity index (χ1v) is 9.00. The second-order valence-corrected chi connectivity index (χ2v) is 6.81. The van der Waals surface area contributed by atoms with Gasteiger partial charge in [0.25, 0.3) is 0 Å². The molecule has 0 spiro atoms. The van der Waals surface area contributed by atoms with E-state index >= 15 is 0 Å². The summed E-state index contributed by atoms with van der Waals surface area (Å²) in [5.41, 5.74) is 4.74. The van der Waals surface area contributed by atoms with Crippen molar-refractivity contribution in [3.63, 3.8) is 0 Å². The minimum Gasteiger partial charge on any atom is -0.497 e. The third-order valence-corrected chi connectivity index (χ3v) is 4.98. The molecule has 0 radical (unpaired) electrons. The van der Waals surface area contributed by atoms with Crippen LogP contribution in [-0.4, -0.2) is 43.3 Å². The van der Waals surface area contributed by atoms with E-state index in [1.807, 2.05) is 12.1 Å². The Labute approximate surface area is 155 Å². The number of hydrogen-bond donors (Lipinski definition) is 1.